The molecule has 4 rings (SSSR count). The van der Waals surface area contributed by atoms with Crippen LogP contribution in [0, 0.1) is 12.8 Å². The van der Waals surface area contributed by atoms with Gasteiger partial charge in [-0.25, -0.2) is 0 Å². The number of hydrogen-bond donors (Lipinski definition) is 6. The van der Waals surface area contributed by atoms with Crippen LogP contribution < -0.4 is 21.3 Å². The summed E-state index contributed by atoms with van der Waals surface area (Å²) in [5.41, 5.74) is 4.02. The largest absolute Gasteiger partial charge is 0.481 e. The molecule has 0 fully saturated rings. The SMILES string of the molecule is Cc1ccc2c(c1)CCN(C(=O)[C@@H](NC(=O)[C@H](CCCC(=O)O)NC(=O)[C@@H]1Cc3ccccc3N1)C(C)C)[C@@H]2C(=O)N[C@H](C=O)CC(=O)O. The summed E-state index contributed by atoms with van der Waals surface area (Å²) >= 11 is 0. The second-order valence-corrected chi connectivity index (χ2v) is 12.9. The van der Waals surface area contributed by atoms with Crippen LogP contribution in [-0.2, 0) is 46.4 Å². The van der Waals surface area contributed by atoms with Gasteiger partial charge in [0.25, 0.3) is 0 Å². The van der Waals surface area contributed by atoms with E-state index in [9.17, 15) is 43.8 Å². The van der Waals surface area contributed by atoms with Crippen molar-refractivity contribution in [3.63, 3.8) is 0 Å². The van der Waals surface area contributed by atoms with Gasteiger partial charge in [0, 0.05) is 25.1 Å². The maximum atomic E-state index is 14.3. The number of carboxylic acid groups (broad SMARTS) is 2. The molecule has 14 nitrogen and oxygen atoms in total. The van der Waals surface area contributed by atoms with Crippen molar-refractivity contribution in [1.82, 2.24) is 20.9 Å². The Morgan fingerprint density at radius 2 is 1.69 bits per heavy atom. The summed E-state index contributed by atoms with van der Waals surface area (Å²) < 4.78 is 0. The van der Waals surface area contributed by atoms with Gasteiger partial charge in [0.05, 0.1) is 12.5 Å². The van der Waals surface area contributed by atoms with Crippen LogP contribution in [0.5, 0.6) is 0 Å². The van der Waals surface area contributed by atoms with Gasteiger partial charge in [0.15, 0.2) is 0 Å². The third-order valence-corrected chi connectivity index (χ3v) is 8.78. The Morgan fingerprint density at radius 3 is 2.35 bits per heavy atom. The van der Waals surface area contributed by atoms with Crippen molar-refractivity contribution in [1.29, 1.82) is 0 Å². The maximum Gasteiger partial charge on any atom is 0.305 e. The van der Waals surface area contributed by atoms with Crippen LogP contribution in [0.2, 0.25) is 0 Å². The molecule has 262 valence electrons. The summed E-state index contributed by atoms with van der Waals surface area (Å²) in [7, 11) is 0. The monoisotopic (exact) mass is 677 g/mol. The Kier molecular flexibility index (Phi) is 12.1. The van der Waals surface area contributed by atoms with E-state index in [-0.39, 0.29) is 25.8 Å². The molecule has 5 atom stereocenters. The van der Waals surface area contributed by atoms with Crippen molar-refractivity contribution in [3.05, 3.63) is 64.7 Å². The number of anilines is 1. The standard InChI is InChI=1S/C35H43N5O9/c1-19(2)30(39-32(46)26(9-6-10-28(42)43)38-33(47)27-16-22-7-4-5-8-25(22)37-27)35(49)40-14-13-21-15-20(3)11-12-24(21)31(40)34(48)36-23(18-41)17-29(44)45/h4-5,7-8,11-12,15,18-19,23,26-27,30-31,37H,6,9-10,13-14,16-17H2,1-3H3,(H,36,48)(H,38,47)(H,39,46)(H,42,43)(H,44,45)/t23-,26-,27-,30-,31-/m0/s1. The van der Waals surface area contributed by atoms with Crippen LogP contribution in [0.1, 0.15) is 67.8 Å². The maximum absolute atomic E-state index is 14.3. The van der Waals surface area contributed by atoms with Gasteiger partial charge in [0.2, 0.25) is 23.6 Å². The van der Waals surface area contributed by atoms with Crippen molar-refractivity contribution in [2.75, 3.05) is 11.9 Å². The number of fused-ring (bicyclic) bond motifs is 2. The first-order valence-corrected chi connectivity index (χ1v) is 16.3. The number of nitrogens with zero attached hydrogens (tertiary/aromatic N) is 1. The van der Waals surface area contributed by atoms with Crippen molar-refractivity contribution in [2.24, 2.45) is 5.92 Å². The third-order valence-electron chi connectivity index (χ3n) is 8.78. The average molecular weight is 678 g/mol. The second kappa shape index (κ2) is 16.2. The summed E-state index contributed by atoms with van der Waals surface area (Å²) in [5, 5.41) is 29.5. The number of rotatable bonds is 15. The molecule has 2 aliphatic rings. The lowest BCUT2D eigenvalue weighted by atomic mass is 9.89. The van der Waals surface area contributed by atoms with Crippen LogP contribution in [0.4, 0.5) is 5.69 Å². The molecule has 14 heteroatoms. The molecule has 2 aromatic carbocycles. The van der Waals surface area contributed by atoms with Crippen molar-refractivity contribution >= 4 is 47.5 Å². The predicted molar refractivity (Wildman–Crippen MR) is 177 cm³/mol. The summed E-state index contributed by atoms with van der Waals surface area (Å²) in [6.45, 7) is 5.42. The first-order valence-electron chi connectivity index (χ1n) is 16.3. The van der Waals surface area contributed by atoms with Gasteiger partial charge in [-0.15, -0.1) is 0 Å². The fraction of sp³-hybridized carbons (Fsp3) is 0.457. The number of aliphatic carboxylic acids is 2. The van der Waals surface area contributed by atoms with Crippen LogP contribution in [-0.4, -0.2) is 87.7 Å². The molecule has 0 aliphatic carbocycles. The Bertz CT molecular complexity index is 1580. The van der Waals surface area contributed by atoms with E-state index < -0.39 is 78.1 Å². The molecule has 49 heavy (non-hydrogen) atoms. The number of amides is 4. The number of carboxylic acids is 2. The molecule has 2 aliphatic heterocycles. The van der Waals surface area contributed by atoms with Gasteiger partial charge < -0.3 is 41.2 Å². The van der Waals surface area contributed by atoms with Crippen molar-refractivity contribution in [2.45, 2.75) is 89.5 Å². The molecule has 0 saturated carbocycles. The lowest BCUT2D eigenvalue weighted by Gasteiger charge is -2.39. The molecular formula is C35H43N5O9. The summed E-state index contributed by atoms with van der Waals surface area (Å²) in [6.07, 6.45) is 0.349. The van der Waals surface area contributed by atoms with Gasteiger partial charge >= 0.3 is 11.9 Å². The highest BCUT2D eigenvalue weighted by Crippen LogP contribution is 2.32. The quantitative estimate of drug-likeness (QED) is 0.150. The highest BCUT2D eigenvalue weighted by Gasteiger charge is 2.41. The van der Waals surface area contributed by atoms with Crippen LogP contribution >= 0.6 is 0 Å². The molecule has 4 amide bonds. The number of nitrogens with one attached hydrogen (secondary N) is 4. The number of para-hydroxylation sites is 1. The van der Waals surface area contributed by atoms with Gasteiger partial charge in [-0.2, -0.15) is 0 Å². The van der Waals surface area contributed by atoms with Crippen molar-refractivity contribution in [3.8, 4) is 0 Å². The van der Waals surface area contributed by atoms with E-state index in [0.717, 1.165) is 22.4 Å². The molecule has 2 aromatic rings. The molecule has 0 saturated heterocycles. The highest BCUT2D eigenvalue weighted by molar-refractivity contribution is 5.97. The number of carbonyl (C=O) groups excluding carboxylic acids is 5. The minimum absolute atomic E-state index is 0.000675. The van der Waals surface area contributed by atoms with E-state index in [2.05, 4.69) is 21.3 Å². The fourth-order valence-electron chi connectivity index (χ4n) is 6.26. The van der Waals surface area contributed by atoms with Gasteiger partial charge in [-0.3, -0.25) is 28.8 Å². The van der Waals surface area contributed by atoms with E-state index in [0.29, 0.717) is 24.7 Å². The predicted octanol–water partition coefficient (Wildman–Crippen LogP) is 1.50. The van der Waals surface area contributed by atoms with Gasteiger partial charge in [0.1, 0.15) is 30.5 Å². The van der Waals surface area contributed by atoms with Crippen LogP contribution in [0.25, 0.3) is 0 Å². The molecule has 0 unspecified atom stereocenters. The molecular weight excluding hydrogens is 634 g/mol. The van der Waals surface area contributed by atoms with Crippen LogP contribution in [0.15, 0.2) is 42.5 Å². The molecule has 0 aromatic heterocycles. The first-order chi connectivity index (χ1) is 23.3. The van der Waals surface area contributed by atoms with E-state index in [1.807, 2.05) is 37.3 Å². The van der Waals surface area contributed by atoms with Gasteiger partial charge in [-0.1, -0.05) is 55.8 Å². The molecule has 6 N–H and O–H groups in total. The third kappa shape index (κ3) is 9.21. The zero-order valence-electron chi connectivity index (χ0n) is 27.7. The molecule has 2 heterocycles. The molecule has 0 bridgehead atoms. The number of hydrogen-bond acceptors (Lipinski definition) is 8. The Balaban J connectivity index is 1.56. The Hall–Kier alpha value is -5.27. The molecule has 0 radical (unpaired) electrons. The summed E-state index contributed by atoms with van der Waals surface area (Å²) in [6, 6.07) is 7.34. The van der Waals surface area contributed by atoms with E-state index in [4.69, 9.17) is 0 Å². The summed E-state index contributed by atoms with van der Waals surface area (Å²) in [5.74, 6) is -5.28. The highest BCUT2D eigenvalue weighted by atomic mass is 16.4. The number of aldehydes is 1. The number of benzene rings is 2. The minimum atomic E-state index is -1.32. The van der Waals surface area contributed by atoms with Crippen molar-refractivity contribution < 1.29 is 43.8 Å². The van der Waals surface area contributed by atoms with E-state index >= 15 is 0 Å². The number of aryl methyl sites for hydroxylation is 1. The normalized spacial score (nSPS) is 18.2. The lowest BCUT2D eigenvalue weighted by Crippen LogP contribution is -2.59. The van der Waals surface area contributed by atoms with E-state index in [1.165, 1.54) is 4.90 Å². The topological polar surface area (TPSA) is 211 Å². The van der Waals surface area contributed by atoms with Crippen LogP contribution in [0.3, 0.4) is 0 Å². The number of carbonyl (C=O) groups is 7. The molecule has 0 spiro atoms. The van der Waals surface area contributed by atoms with E-state index in [1.54, 1.807) is 26.0 Å². The first kappa shape index (κ1) is 36.6. The average Bonchev–Trinajstić information content (AvgIpc) is 3.49. The Labute approximate surface area is 284 Å². The Morgan fingerprint density at radius 1 is 0.959 bits per heavy atom. The van der Waals surface area contributed by atoms with Gasteiger partial charge in [-0.05, 0) is 54.9 Å². The minimum Gasteiger partial charge on any atom is -0.481 e. The fourth-order valence-corrected chi connectivity index (χ4v) is 6.26. The zero-order valence-corrected chi connectivity index (χ0v) is 27.7. The lowest BCUT2D eigenvalue weighted by molar-refractivity contribution is -0.146. The summed E-state index contributed by atoms with van der Waals surface area (Å²) in [4.78, 5) is 90.5. The second-order valence-electron chi connectivity index (χ2n) is 12.9. The zero-order chi connectivity index (χ0) is 35.8. The smallest absolute Gasteiger partial charge is 0.305 e.